The van der Waals surface area contributed by atoms with Crippen LogP contribution in [-0.2, 0) is 0 Å². The van der Waals surface area contributed by atoms with Crippen LogP contribution in [0.2, 0.25) is 0 Å². The first-order chi connectivity index (χ1) is 3.97. The zero-order valence-electron chi connectivity index (χ0n) is 5.04. The third kappa shape index (κ3) is 0.473. The highest BCUT2D eigenvalue weighted by Gasteiger charge is 2.17. The van der Waals surface area contributed by atoms with Gasteiger partial charge in [-0.3, -0.25) is 0 Å². The number of nitrogens with one attached hydrogen (secondary N) is 1. The lowest BCUT2D eigenvalue weighted by Crippen LogP contribution is -2.05. The van der Waals surface area contributed by atoms with Gasteiger partial charge in [-0.1, -0.05) is 0 Å². The Morgan fingerprint density at radius 1 is 1.12 bits per heavy atom. The predicted octanol–water partition coefficient (Wildman–Crippen LogP) is 1.42. The Morgan fingerprint density at radius 3 is 3.00 bits per heavy atom. The molecule has 0 aromatic carbocycles. The second-order valence-electron chi connectivity index (χ2n) is 2.61. The van der Waals surface area contributed by atoms with E-state index in [2.05, 4.69) is 5.32 Å². The molecule has 0 saturated carbocycles. The van der Waals surface area contributed by atoms with Gasteiger partial charge in [0.1, 0.15) is 0 Å². The van der Waals surface area contributed by atoms with E-state index in [-0.39, 0.29) is 0 Å². The lowest BCUT2D eigenvalue weighted by atomic mass is 10.2. The third-order valence-corrected chi connectivity index (χ3v) is 2.10. The molecule has 1 heteroatoms. The van der Waals surface area contributed by atoms with E-state index in [0.29, 0.717) is 0 Å². The molecular formula is C7H11N. The molecule has 1 heterocycles. The molecule has 0 fully saturated rings. The van der Waals surface area contributed by atoms with Crippen LogP contribution in [0, 0.1) is 0 Å². The Bertz CT molecular complexity index is 107. The van der Waals surface area contributed by atoms with Gasteiger partial charge in [0.15, 0.2) is 0 Å². The number of allylic oxidation sites excluding steroid dienone is 1. The summed E-state index contributed by atoms with van der Waals surface area (Å²) in [4.78, 5) is 0. The summed E-state index contributed by atoms with van der Waals surface area (Å²) in [7, 11) is 0. The van der Waals surface area contributed by atoms with E-state index in [1.807, 2.05) is 0 Å². The van der Waals surface area contributed by atoms with Crippen LogP contribution >= 0.6 is 0 Å². The SMILES string of the molecule is C1CC2=C(C1)NCC2. The fourth-order valence-corrected chi connectivity index (χ4v) is 1.66. The average Bonchev–Trinajstić information content (AvgIpc) is 2.15. The Kier molecular flexibility index (Phi) is 0.833. The van der Waals surface area contributed by atoms with Gasteiger partial charge in [-0.15, -0.1) is 0 Å². The molecule has 1 nitrogen and oxygen atoms in total. The van der Waals surface area contributed by atoms with E-state index in [1.165, 1.54) is 32.2 Å². The Balaban J connectivity index is 2.23. The van der Waals surface area contributed by atoms with Crippen molar-refractivity contribution in [2.75, 3.05) is 6.54 Å². The molecule has 0 atom stereocenters. The summed E-state index contributed by atoms with van der Waals surface area (Å²) in [6, 6.07) is 0. The first kappa shape index (κ1) is 4.42. The maximum absolute atomic E-state index is 3.40. The molecule has 0 bridgehead atoms. The Hall–Kier alpha value is -0.460. The van der Waals surface area contributed by atoms with E-state index >= 15 is 0 Å². The summed E-state index contributed by atoms with van der Waals surface area (Å²) in [5, 5.41) is 3.40. The van der Waals surface area contributed by atoms with Gasteiger partial charge in [0.2, 0.25) is 0 Å². The normalized spacial score (nSPS) is 26.0. The van der Waals surface area contributed by atoms with Crippen molar-refractivity contribution < 1.29 is 0 Å². The largest absolute Gasteiger partial charge is 0.388 e. The molecule has 0 radical (unpaired) electrons. The minimum Gasteiger partial charge on any atom is -0.388 e. The van der Waals surface area contributed by atoms with Gasteiger partial charge < -0.3 is 5.32 Å². The van der Waals surface area contributed by atoms with Crippen molar-refractivity contribution in [3.05, 3.63) is 11.3 Å². The molecule has 1 aliphatic carbocycles. The summed E-state index contributed by atoms with van der Waals surface area (Å²) in [6.45, 7) is 1.21. The van der Waals surface area contributed by atoms with E-state index in [1.54, 1.807) is 11.3 Å². The second-order valence-corrected chi connectivity index (χ2v) is 2.61. The third-order valence-electron chi connectivity index (χ3n) is 2.10. The summed E-state index contributed by atoms with van der Waals surface area (Å²) >= 11 is 0. The Labute approximate surface area is 49.8 Å². The molecule has 1 aliphatic heterocycles. The molecule has 44 valence electrons. The van der Waals surface area contributed by atoms with Crippen molar-refractivity contribution in [2.45, 2.75) is 25.7 Å². The van der Waals surface area contributed by atoms with E-state index in [0.717, 1.165) is 0 Å². The zero-order valence-corrected chi connectivity index (χ0v) is 5.04. The van der Waals surface area contributed by atoms with Crippen molar-refractivity contribution in [1.29, 1.82) is 0 Å². The van der Waals surface area contributed by atoms with Crippen molar-refractivity contribution in [3.63, 3.8) is 0 Å². The quantitative estimate of drug-likeness (QED) is 0.496. The molecule has 0 saturated heterocycles. The molecule has 2 aliphatic rings. The molecule has 0 amide bonds. The van der Waals surface area contributed by atoms with Crippen LogP contribution in [0.25, 0.3) is 0 Å². The van der Waals surface area contributed by atoms with Gasteiger partial charge in [0.05, 0.1) is 0 Å². The summed E-state index contributed by atoms with van der Waals surface area (Å²) in [5.74, 6) is 0. The van der Waals surface area contributed by atoms with Crippen LogP contribution < -0.4 is 5.32 Å². The summed E-state index contributed by atoms with van der Waals surface area (Å²) in [5.41, 5.74) is 3.29. The first-order valence-corrected chi connectivity index (χ1v) is 3.41. The van der Waals surface area contributed by atoms with Crippen LogP contribution in [0.15, 0.2) is 11.3 Å². The minimum absolute atomic E-state index is 1.21. The number of hydrogen-bond acceptors (Lipinski definition) is 1. The molecule has 0 aromatic rings. The van der Waals surface area contributed by atoms with Gasteiger partial charge in [0, 0.05) is 12.2 Å². The van der Waals surface area contributed by atoms with Crippen LogP contribution in [0.1, 0.15) is 25.7 Å². The van der Waals surface area contributed by atoms with Crippen molar-refractivity contribution >= 4 is 0 Å². The number of hydrogen-bond donors (Lipinski definition) is 1. The standard InChI is InChI=1S/C7H11N/c1-2-6-4-5-8-7(6)3-1/h8H,1-5H2. The van der Waals surface area contributed by atoms with Gasteiger partial charge in [-0.05, 0) is 31.3 Å². The zero-order chi connectivity index (χ0) is 5.40. The van der Waals surface area contributed by atoms with E-state index in [4.69, 9.17) is 0 Å². The summed E-state index contributed by atoms with van der Waals surface area (Å²) in [6.07, 6.45) is 5.44. The molecular weight excluding hydrogens is 98.1 g/mol. The van der Waals surface area contributed by atoms with E-state index < -0.39 is 0 Å². The van der Waals surface area contributed by atoms with Crippen molar-refractivity contribution in [1.82, 2.24) is 5.32 Å². The fourth-order valence-electron chi connectivity index (χ4n) is 1.66. The van der Waals surface area contributed by atoms with Crippen LogP contribution in [0.4, 0.5) is 0 Å². The number of rotatable bonds is 0. The van der Waals surface area contributed by atoms with Crippen LogP contribution in [0.5, 0.6) is 0 Å². The van der Waals surface area contributed by atoms with Gasteiger partial charge in [-0.2, -0.15) is 0 Å². The van der Waals surface area contributed by atoms with Gasteiger partial charge >= 0.3 is 0 Å². The molecule has 1 N–H and O–H groups in total. The molecule has 2 rings (SSSR count). The van der Waals surface area contributed by atoms with Gasteiger partial charge in [-0.25, -0.2) is 0 Å². The monoisotopic (exact) mass is 109 g/mol. The van der Waals surface area contributed by atoms with E-state index in [9.17, 15) is 0 Å². The molecule has 0 aromatic heterocycles. The van der Waals surface area contributed by atoms with Crippen molar-refractivity contribution in [3.8, 4) is 0 Å². The lowest BCUT2D eigenvalue weighted by Gasteiger charge is -1.95. The average molecular weight is 109 g/mol. The molecule has 8 heavy (non-hydrogen) atoms. The lowest BCUT2D eigenvalue weighted by molar-refractivity contribution is 0.756. The predicted molar refractivity (Wildman–Crippen MR) is 33.5 cm³/mol. The Morgan fingerprint density at radius 2 is 2.12 bits per heavy atom. The smallest absolute Gasteiger partial charge is 0.0181 e. The fraction of sp³-hybridized carbons (Fsp3) is 0.714. The molecule has 0 spiro atoms. The highest BCUT2D eigenvalue weighted by Crippen LogP contribution is 2.29. The highest BCUT2D eigenvalue weighted by molar-refractivity contribution is 5.22. The first-order valence-electron chi connectivity index (χ1n) is 3.41. The van der Waals surface area contributed by atoms with Crippen LogP contribution in [0.3, 0.4) is 0 Å². The van der Waals surface area contributed by atoms with Crippen LogP contribution in [-0.4, -0.2) is 6.54 Å². The van der Waals surface area contributed by atoms with Crippen molar-refractivity contribution in [2.24, 2.45) is 0 Å². The second kappa shape index (κ2) is 1.51. The highest BCUT2D eigenvalue weighted by atomic mass is 14.9. The van der Waals surface area contributed by atoms with Gasteiger partial charge in [0.25, 0.3) is 0 Å². The topological polar surface area (TPSA) is 12.0 Å². The minimum atomic E-state index is 1.21. The maximum atomic E-state index is 3.40. The maximum Gasteiger partial charge on any atom is 0.0181 e. The molecule has 0 unspecified atom stereocenters. The summed E-state index contributed by atoms with van der Waals surface area (Å²) < 4.78 is 0.